The van der Waals surface area contributed by atoms with Gasteiger partial charge in [0.2, 0.25) is 0 Å². The van der Waals surface area contributed by atoms with Crippen molar-refractivity contribution in [3.05, 3.63) is 77.4 Å². The maximum absolute atomic E-state index is 13.2. The van der Waals surface area contributed by atoms with Gasteiger partial charge in [0.25, 0.3) is 5.91 Å². The van der Waals surface area contributed by atoms with Gasteiger partial charge in [-0.15, -0.1) is 5.10 Å². The molecule has 0 atom stereocenters. The van der Waals surface area contributed by atoms with Gasteiger partial charge in [0.1, 0.15) is 5.69 Å². The molecule has 41 heavy (non-hydrogen) atoms. The van der Waals surface area contributed by atoms with E-state index in [9.17, 15) is 18.0 Å². The van der Waals surface area contributed by atoms with Gasteiger partial charge >= 0.3 is 6.18 Å². The molecule has 218 valence electrons. The van der Waals surface area contributed by atoms with Crippen molar-refractivity contribution in [1.82, 2.24) is 35.0 Å². The summed E-state index contributed by atoms with van der Waals surface area (Å²) in [5, 5.41) is 18.6. The van der Waals surface area contributed by atoms with Crippen LogP contribution in [0.15, 0.2) is 66.2 Å². The van der Waals surface area contributed by atoms with Gasteiger partial charge in [-0.3, -0.25) is 9.48 Å². The van der Waals surface area contributed by atoms with Crippen LogP contribution < -0.4 is 10.6 Å². The van der Waals surface area contributed by atoms with Gasteiger partial charge in [-0.1, -0.05) is 17.9 Å². The lowest BCUT2D eigenvalue weighted by molar-refractivity contribution is -0.112. The molecule has 2 N–H and O–H groups in total. The van der Waals surface area contributed by atoms with Gasteiger partial charge in [-0.05, 0) is 76.6 Å². The highest BCUT2D eigenvalue weighted by molar-refractivity contribution is 6.05. The number of aryl methyl sites for hydroxylation is 2. The van der Waals surface area contributed by atoms with E-state index in [1.54, 1.807) is 33.9 Å². The van der Waals surface area contributed by atoms with Crippen molar-refractivity contribution in [2.24, 2.45) is 7.05 Å². The number of carbonyl (C=O) groups is 1. The van der Waals surface area contributed by atoms with Gasteiger partial charge in [-0.25, -0.2) is 4.68 Å². The molecule has 3 aromatic rings. The summed E-state index contributed by atoms with van der Waals surface area (Å²) < 4.78 is 43.1. The molecule has 3 heterocycles. The first-order valence-corrected chi connectivity index (χ1v) is 13.4. The number of nitrogens with one attached hydrogen (secondary N) is 2. The van der Waals surface area contributed by atoms with Crippen molar-refractivity contribution in [2.45, 2.75) is 39.8 Å². The van der Waals surface area contributed by atoms with Crippen LogP contribution in [0, 0.1) is 13.8 Å². The van der Waals surface area contributed by atoms with Gasteiger partial charge in [0, 0.05) is 53.9 Å². The Kier molecular flexibility index (Phi) is 9.11. The van der Waals surface area contributed by atoms with Gasteiger partial charge < -0.3 is 15.5 Å². The molecule has 0 spiro atoms. The lowest BCUT2D eigenvalue weighted by Gasteiger charge is -2.17. The molecule has 12 heteroatoms. The molecule has 1 aromatic carbocycles. The van der Waals surface area contributed by atoms with E-state index in [0.29, 0.717) is 30.2 Å². The Labute approximate surface area is 237 Å². The van der Waals surface area contributed by atoms with E-state index in [1.807, 2.05) is 27.0 Å². The Hall–Kier alpha value is -4.19. The fraction of sp³-hybridized carbons (Fsp3) is 0.379. The number of alkyl halides is 3. The molecule has 1 saturated heterocycles. The van der Waals surface area contributed by atoms with Crippen molar-refractivity contribution in [3.8, 4) is 16.9 Å². The van der Waals surface area contributed by atoms with Crippen LogP contribution in [-0.2, 0) is 11.8 Å². The number of amides is 1. The Morgan fingerprint density at radius 2 is 1.90 bits per heavy atom. The second kappa shape index (κ2) is 12.5. The number of halogens is 3. The molecule has 4 rings (SSSR count). The minimum absolute atomic E-state index is 0.0112. The van der Waals surface area contributed by atoms with E-state index in [-0.39, 0.29) is 11.3 Å². The van der Waals surface area contributed by atoms with E-state index >= 15 is 0 Å². The average Bonchev–Trinajstić information content (AvgIpc) is 3.67. The normalized spacial score (nSPS) is 14.9. The number of nitrogens with zero attached hydrogens (tertiary/aromatic N) is 6. The zero-order valence-electron chi connectivity index (χ0n) is 23.7. The molecule has 0 bridgehead atoms. The Balaban J connectivity index is 1.49. The zero-order valence-corrected chi connectivity index (χ0v) is 23.7. The second-order valence-electron chi connectivity index (χ2n) is 10.2. The first kappa shape index (κ1) is 29.8. The average molecular weight is 569 g/mol. The fourth-order valence-electron chi connectivity index (χ4n) is 4.48. The Morgan fingerprint density at radius 3 is 2.56 bits per heavy atom. The van der Waals surface area contributed by atoms with Crippen LogP contribution in [0.1, 0.15) is 31.0 Å². The molecule has 1 fully saturated rings. The Bertz CT molecular complexity index is 1480. The summed E-state index contributed by atoms with van der Waals surface area (Å²) in [6, 6.07) is 5.32. The number of rotatable bonds is 10. The summed E-state index contributed by atoms with van der Waals surface area (Å²) >= 11 is 0. The lowest BCUT2D eigenvalue weighted by atomic mass is 10.1. The standard InChI is InChI=1S/C29H35F3N8O/c1-19-8-9-23(16-27(19)40-18-26(36-37-40)25-17-34-38(5)22(25)4)35-28(41)20(2)14-24(15-21(3)29(30,31)32)33-10-13-39-11-6-7-12-39/h8-9,14-18,33H,2,6-7,10-13H2,1,3-5H3,(H,35,41)/b21-15+,24-14+. The number of hydrogen-bond donors (Lipinski definition) is 2. The first-order chi connectivity index (χ1) is 19.4. The third-order valence-electron chi connectivity index (χ3n) is 7.11. The van der Waals surface area contributed by atoms with Crippen LogP contribution in [-0.4, -0.2) is 67.9 Å². The molecule has 1 aliphatic rings. The molecule has 0 unspecified atom stereocenters. The number of hydrogen-bond acceptors (Lipinski definition) is 6. The highest BCUT2D eigenvalue weighted by Crippen LogP contribution is 2.26. The molecule has 0 radical (unpaired) electrons. The molecule has 0 aliphatic carbocycles. The molecule has 1 amide bonds. The predicted molar refractivity (Wildman–Crippen MR) is 152 cm³/mol. The third-order valence-corrected chi connectivity index (χ3v) is 7.11. The molecule has 1 aliphatic heterocycles. The van der Waals surface area contributed by atoms with Crippen LogP contribution in [0.2, 0.25) is 0 Å². The van der Waals surface area contributed by atoms with Crippen LogP contribution >= 0.6 is 0 Å². The van der Waals surface area contributed by atoms with Crippen LogP contribution in [0.3, 0.4) is 0 Å². The van der Waals surface area contributed by atoms with E-state index in [4.69, 9.17) is 0 Å². The maximum atomic E-state index is 13.2. The zero-order chi connectivity index (χ0) is 29.7. The largest absolute Gasteiger partial charge is 0.412 e. The Morgan fingerprint density at radius 1 is 1.17 bits per heavy atom. The third kappa shape index (κ3) is 7.51. The summed E-state index contributed by atoms with van der Waals surface area (Å²) in [5.41, 5.74) is 3.97. The van der Waals surface area contributed by atoms with Crippen molar-refractivity contribution in [1.29, 1.82) is 0 Å². The van der Waals surface area contributed by atoms with Gasteiger partial charge in [0.05, 0.1) is 18.1 Å². The van der Waals surface area contributed by atoms with Gasteiger partial charge in [0.15, 0.2) is 0 Å². The van der Waals surface area contributed by atoms with Gasteiger partial charge in [-0.2, -0.15) is 18.3 Å². The number of aromatic nitrogens is 5. The SMILES string of the molecule is C=C(/C=C(\C=C(/C)C(F)(F)F)NCCN1CCCC1)C(=O)Nc1ccc(C)c(-n2cc(-c3cnn(C)c3C)nn2)c1. The smallest absolute Gasteiger partial charge is 0.384 e. The number of allylic oxidation sites excluding steroid dienone is 2. The van der Waals surface area contributed by atoms with Crippen molar-refractivity contribution < 1.29 is 18.0 Å². The molecular weight excluding hydrogens is 533 g/mol. The van der Waals surface area contributed by atoms with Crippen LogP contribution in [0.25, 0.3) is 16.9 Å². The molecule has 0 saturated carbocycles. The minimum atomic E-state index is -4.48. The number of likely N-dealkylation sites (tertiary alicyclic amines) is 1. The minimum Gasteiger partial charge on any atom is -0.384 e. The van der Waals surface area contributed by atoms with E-state index < -0.39 is 17.7 Å². The van der Waals surface area contributed by atoms with E-state index in [0.717, 1.165) is 55.8 Å². The summed E-state index contributed by atoms with van der Waals surface area (Å²) in [7, 11) is 1.85. The lowest BCUT2D eigenvalue weighted by Crippen LogP contribution is -2.29. The van der Waals surface area contributed by atoms with E-state index in [2.05, 4.69) is 37.5 Å². The van der Waals surface area contributed by atoms with Crippen LogP contribution in [0.5, 0.6) is 0 Å². The second-order valence-corrected chi connectivity index (χ2v) is 10.2. The number of carbonyl (C=O) groups excluding carboxylic acids is 1. The molecule has 9 nitrogen and oxygen atoms in total. The fourth-order valence-corrected chi connectivity index (χ4v) is 4.48. The monoisotopic (exact) mass is 568 g/mol. The molecular formula is C29H35F3N8O. The van der Waals surface area contributed by atoms with Crippen molar-refractivity contribution >= 4 is 11.6 Å². The first-order valence-electron chi connectivity index (χ1n) is 13.4. The van der Waals surface area contributed by atoms with Crippen LogP contribution in [0.4, 0.5) is 18.9 Å². The van der Waals surface area contributed by atoms with Crippen molar-refractivity contribution in [2.75, 3.05) is 31.5 Å². The predicted octanol–water partition coefficient (Wildman–Crippen LogP) is 4.86. The number of benzene rings is 1. The highest BCUT2D eigenvalue weighted by atomic mass is 19.4. The van der Waals surface area contributed by atoms with Crippen molar-refractivity contribution in [3.63, 3.8) is 0 Å². The molecule has 2 aromatic heterocycles. The topological polar surface area (TPSA) is 92.9 Å². The summed E-state index contributed by atoms with van der Waals surface area (Å²) in [4.78, 5) is 15.2. The summed E-state index contributed by atoms with van der Waals surface area (Å²) in [5.74, 6) is -0.540. The van der Waals surface area contributed by atoms with E-state index in [1.165, 1.54) is 6.08 Å². The summed E-state index contributed by atoms with van der Waals surface area (Å²) in [6.07, 6.45) is 3.62. The highest BCUT2D eigenvalue weighted by Gasteiger charge is 2.30. The summed E-state index contributed by atoms with van der Waals surface area (Å²) in [6.45, 7) is 11.8. The maximum Gasteiger partial charge on any atom is 0.412 e. The quantitative estimate of drug-likeness (QED) is 0.268. The number of anilines is 1.